The lowest BCUT2D eigenvalue weighted by molar-refractivity contribution is -0.917. The number of carbonyl (C=O) groups excluding carboxylic acids is 1. The molecule has 30 heavy (non-hydrogen) atoms. The van der Waals surface area contributed by atoms with Crippen molar-refractivity contribution in [1.29, 1.82) is 0 Å². The zero-order valence-corrected chi connectivity index (χ0v) is 18.4. The van der Waals surface area contributed by atoms with E-state index >= 15 is 0 Å². The summed E-state index contributed by atoms with van der Waals surface area (Å²) in [6.45, 7) is 9.34. The molecule has 4 heteroatoms. The number of hydrogen-bond donors (Lipinski definition) is 2. The normalized spacial score (nSPS) is 28.1. The van der Waals surface area contributed by atoms with Crippen molar-refractivity contribution in [3.05, 3.63) is 65.7 Å². The quantitative estimate of drug-likeness (QED) is 0.692. The number of quaternary nitrogens is 1. The molecule has 1 saturated heterocycles. The number of carbonyl (C=O) groups is 1. The van der Waals surface area contributed by atoms with Gasteiger partial charge in [-0.1, -0.05) is 51.1 Å². The monoisotopic (exact) mass is 408 g/mol. The van der Waals surface area contributed by atoms with E-state index in [1.165, 1.54) is 24.2 Å². The van der Waals surface area contributed by atoms with E-state index in [2.05, 4.69) is 20.8 Å². The van der Waals surface area contributed by atoms with Gasteiger partial charge in [-0.25, -0.2) is 0 Å². The molecular weight excluding hydrogens is 374 g/mol. The van der Waals surface area contributed by atoms with Gasteiger partial charge in [-0.15, -0.1) is 0 Å². The Bertz CT molecular complexity index is 877. The van der Waals surface area contributed by atoms with Crippen LogP contribution in [-0.4, -0.2) is 42.7 Å². The molecule has 1 unspecified atom stereocenters. The second-order valence-corrected chi connectivity index (χ2v) is 10.5. The van der Waals surface area contributed by atoms with E-state index in [4.69, 9.17) is 4.74 Å². The molecule has 1 aliphatic carbocycles. The molecule has 2 bridgehead atoms. The summed E-state index contributed by atoms with van der Waals surface area (Å²) in [6.07, 6.45) is 3.30. The lowest BCUT2D eigenvalue weighted by atomic mass is 9.65. The molecule has 4 nitrogen and oxygen atoms in total. The lowest BCUT2D eigenvalue weighted by Crippen LogP contribution is -3.15. The maximum atomic E-state index is 12.5. The van der Waals surface area contributed by atoms with E-state index in [0.29, 0.717) is 33.7 Å². The molecule has 2 fully saturated rings. The lowest BCUT2D eigenvalue weighted by Gasteiger charge is -2.37. The first-order valence-electron chi connectivity index (χ1n) is 11.1. The number of aliphatic hydroxyl groups is 1. The number of likely N-dealkylation sites (tertiary alicyclic amines) is 1. The summed E-state index contributed by atoms with van der Waals surface area (Å²) < 4.78 is 5.82. The Kier molecular flexibility index (Phi) is 5.73. The highest BCUT2D eigenvalue weighted by molar-refractivity contribution is 6.08. The number of fused-ring (bicyclic) bond motifs is 2. The molecule has 0 spiro atoms. The Morgan fingerprint density at radius 2 is 1.73 bits per heavy atom. The summed E-state index contributed by atoms with van der Waals surface area (Å²) in [5.74, 6) is 0.685. The van der Waals surface area contributed by atoms with Crippen LogP contribution in [0.2, 0.25) is 0 Å². The van der Waals surface area contributed by atoms with Crippen molar-refractivity contribution < 1.29 is 19.5 Å². The third kappa shape index (κ3) is 4.76. The van der Waals surface area contributed by atoms with Crippen LogP contribution in [0.3, 0.4) is 0 Å². The molecule has 2 aromatic carbocycles. The van der Waals surface area contributed by atoms with E-state index in [9.17, 15) is 9.90 Å². The van der Waals surface area contributed by atoms with Gasteiger partial charge in [0.15, 0.2) is 5.78 Å². The van der Waals surface area contributed by atoms with Crippen LogP contribution in [0.15, 0.2) is 54.6 Å². The fraction of sp³-hybridized carbons (Fsp3) is 0.500. The van der Waals surface area contributed by atoms with Gasteiger partial charge < -0.3 is 14.7 Å². The molecule has 2 aromatic rings. The van der Waals surface area contributed by atoms with Gasteiger partial charge in [0.2, 0.25) is 0 Å². The number of ketones is 1. The van der Waals surface area contributed by atoms with Crippen molar-refractivity contribution in [3.8, 4) is 5.75 Å². The minimum absolute atomic E-state index is 0.00218. The van der Waals surface area contributed by atoms with Crippen molar-refractivity contribution >= 4 is 5.78 Å². The zero-order valence-electron chi connectivity index (χ0n) is 18.4. The van der Waals surface area contributed by atoms with Gasteiger partial charge in [0, 0.05) is 29.4 Å². The summed E-state index contributed by atoms with van der Waals surface area (Å²) >= 11 is 0. The molecule has 1 heterocycles. The fourth-order valence-electron chi connectivity index (χ4n) is 6.00. The average Bonchev–Trinajstić information content (AvgIpc) is 2.94. The van der Waals surface area contributed by atoms with Crippen LogP contribution < -0.4 is 9.64 Å². The number of ether oxygens (including phenoxy) is 1. The summed E-state index contributed by atoms with van der Waals surface area (Å²) in [5, 5.41) is 10.6. The van der Waals surface area contributed by atoms with Crippen molar-refractivity contribution in [2.45, 2.75) is 52.2 Å². The van der Waals surface area contributed by atoms with E-state index in [1.807, 2.05) is 42.5 Å². The van der Waals surface area contributed by atoms with Crippen LogP contribution in [-0.2, 0) is 0 Å². The Hall–Kier alpha value is -2.17. The third-order valence-corrected chi connectivity index (χ3v) is 6.77. The Morgan fingerprint density at radius 3 is 2.43 bits per heavy atom. The minimum Gasteiger partial charge on any atom is -0.491 e. The molecule has 4 rings (SSSR count). The van der Waals surface area contributed by atoms with Crippen LogP contribution >= 0.6 is 0 Å². The number of aliphatic hydroxyl groups excluding tert-OH is 1. The summed E-state index contributed by atoms with van der Waals surface area (Å²) in [7, 11) is 0. The van der Waals surface area contributed by atoms with Gasteiger partial charge in [-0.3, -0.25) is 4.79 Å². The van der Waals surface area contributed by atoms with Gasteiger partial charge in [-0.2, -0.15) is 0 Å². The Labute approximate surface area is 179 Å². The molecule has 0 aromatic heterocycles. The molecule has 0 radical (unpaired) electrons. The zero-order chi connectivity index (χ0) is 21.4. The Balaban J connectivity index is 1.29. The second kappa shape index (κ2) is 8.16. The van der Waals surface area contributed by atoms with Gasteiger partial charge >= 0.3 is 0 Å². The fourth-order valence-corrected chi connectivity index (χ4v) is 6.00. The van der Waals surface area contributed by atoms with Crippen LogP contribution in [0, 0.1) is 10.8 Å². The molecular formula is C26H34NO3+. The van der Waals surface area contributed by atoms with Crippen LogP contribution in [0.25, 0.3) is 0 Å². The highest BCUT2D eigenvalue weighted by Gasteiger charge is 2.52. The smallest absolute Gasteiger partial charge is 0.193 e. The number of hydrogen-bond acceptors (Lipinski definition) is 3. The van der Waals surface area contributed by atoms with E-state index in [-0.39, 0.29) is 12.4 Å². The maximum absolute atomic E-state index is 12.5. The molecule has 160 valence electrons. The largest absolute Gasteiger partial charge is 0.491 e. The topological polar surface area (TPSA) is 51.0 Å². The van der Waals surface area contributed by atoms with E-state index < -0.39 is 6.10 Å². The van der Waals surface area contributed by atoms with Gasteiger partial charge in [0.05, 0.1) is 12.6 Å². The molecule has 2 aliphatic rings. The third-order valence-electron chi connectivity index (χ3n) is 6.77. The molecule has 4 atom stereocenters. The van der Waals surface area contributed by atoms with Crippen molar-refractivity contribution in [2.75, 3.05) is 19.7 Å². The first-order chi connectivity index (χ1) is 14.2. The van der Waals surface area contributed by atoms with Crippen molar-refractivity contribution in [1.82, 2.24) is 0 Å². The van der Waals surface area contributed by atoms with Gasteiger partial charge in [0.25, 0.3) is 0 Å². The minimum atomic E-state index is -0.489. The maximum Gasteiger partial charge on any atom is 0.193 e. The van der Waals surface area contributed by atoms with Crippen LogP contribution in [0.4, 0.5) is 0 Å². The summed E-state index contributed by atoms with van der Waals surface area (Å²) in [4.78, 5) is 14.0. The van der Waals surface area contributed by atoms with E-state index in [1.54, 1.807) is 12.1 Å². The summed E-state index contributed by atoms with van der Waals surface area (Å²) in [6, 6.07) is 17.1. The van der Waals surface area contributed by atoms with Gasteiger partial charge in [0.1, 0.15) is 25.0 Å². The van der Waals surface area contributed by atoms with Crippen molar-refractivity contribution in [3.63, 3.8) is 0 Å². The summed E-state index contributed by atoms with van der Waals surface area (Å²) in [5.41, 5.74) is 2.12. The number of rotatable bonds is 7. The molecule has 2 N–H and O–H groups in total. The predicted octanol–water partition coefficient (Wildman–Crippen LogP) is 3.14. The average molecular weight is 409 g/mol. The van der Waals surface area contributed by atoms with Gasteiger partial charge in [-0.05, 0) is 36.1 Å². The first-order valence-corrected chi connectivity index (χ1v) is 11.1. The molecule has 0 amide bonds. The standard InChI is InChI=1S/C26H33NO3/c1-25(2)13-21-14-26(3,17-25)18-27(21)15-22(28)16-30-23-11-9-20(10-12-23)24(29)19-7-5-4-6-8-19/h4-12,21-22,28H,13-18H2,1-3H3/p+1/t21-,22-,26-/m0/s1. The molecule has 1 saturated carbocycles. The highest BCUT2D eigenvalue weighted by Crippen LogP contribution is 2.47. The number of nitrogens with one attached hydrogen (secondary N) is 1. The highest BCUT2D eigenvalue weighted by atomic mass is 16.5. The first kappa shape index (κ1) is 21.1. The predicted molar refractivity (Wildman–Crippen MR) is 118 cm³/mol. The molecule has 1 aliphatic heterocycles. The second-order valence-electron chi connectivity index (χ2n) is 10.5. The number of benzene rings is 2. The SMILES string of the molecule is CC1(C)C[C@H]2C[C@](C)(C[NH+]2C[C@H](O)COc2ccc(C(=O)c3ccccc3)cc2)C1. The van der Waals surface area contributed by atoms with Crippen LogP contribution in [0.1, 0.15) is 56.0 Å². The Morgan fingerprint density at radius 1 is 1.07 bits per heavy atom. The van der Waals surface area contributed by atoms with Crippen LogP contribution in [0.5, 0.6) is 5.75 Å². The van der Waals surface area contributed by atoms with Crippen molar-refractivity contribution in [2.24, 2.45) is 10.8 Å². The van der Waals surface area contributed by atoms with E-state index in [0.717, 1.165) is 13.1 Å².